The molecule has 2 heterocycles. The molecule has 2 rings (SSSR count). The van der Waals surface area contributed by atoms with E-state index >= 15 is 0 Å². The molecule has 0 bridgehead atoms. The first kappa shape index (κ1) is 13.7. The van der Waals surface area contributed by atoms with E-state index in [1.165, 1.54) is 0 Å². The molecule has 1 aromatic heterocycles. The second-order valence-corrected chi connectivity index (χ2v) is 4.50. The summed E-state index contributed by atoms with van der Waals surface area (Å²) in [6.07, 6.45) is 6.76. The van der Waals surface area contributed by atoms with Crippen molar-refractivity contribution >= 4 is 12.0 Å². The van der Waals surface area contributed by atoms with Gasteiger partial charge in [-0.3, -0.25) is 14.7 Å². The Labute approximate surface area is 113 Å². The average Bonchev–Trinajstić information content (AvgIpc) is 2.47. The third-order valence-corrected chi connectivity index (χ3v) is 3.05. The van der Waals surface area contributed by atoms with Gasteiger partial charge in [0.2, 0.25) is 5.91 Å². The van der Waals surface area contributed by atoms with E-state index in [1.807, 2.05) is 12.1 Å². The molecule has 0 saturated carbocycles. The van der Waals surface area contributed by atoms with Gasteiger partial charge in [0.25, 0.3) is 0 Å². The van der Waals surface area contributed by atoms with Crippen molar-refractivity contribution in [2.24, 2.45) is 0 Å². The number of rotatable bonds is 5. The Morgan fingerprint density at radius 2 is 2.32 bits per heavy atom. The molecule has 5 nitrogen and oxygen atoms in total. The number of piperazine rings is 1. The van der Waals surface area contributed by atoms with Crippen molar-refractivity contribution in [3.63, 3.8) is 0 Å². The molecule has 1 aliphatic heterocycles. The van der Waals surface area contributed by atoms with Gasteiger partial charge in [-0.1, -0.05) is 6.07 Å². The molecule has 0 aromatic carbocycles. The van der Waals surface area contributed by atoms with Gasteiger partial charge in [-0.2, -0.15) is 0 Å². The maximum atomic E-state index is 11.6. The third kappa shape index (κ3) is 5.19. The standard InChI is InChI=1S/C14H20N4O/c19-14(4-3-13-2-1-5-16-12-13)17-8-11-18-9-6-15-7-10-18/h1-5,12,15H,6-11H2,(H,17,19)/b4-3+. The Balaban J connectivity index is 1.65. The lowest BCUT2D eigenvalue weighted by atomic mass is 10.2. The van der Waals surface area contributed by atoms with Crippen LogP contribution < -0.4 is 10.6 Å². The molecule has 0 spiro atoms. The number of carbonyl (C=O) groups excluding carboxylic acids is 1. The summed E-state index contributed by atoms with van der Waals surface area (Å²) in [6.45, 7) is 5.79. The van der Waals surface area contributed by atoms with Gasteiger partial charge in [0.1, 0.15) is 0 Å². The number of amides is 1. The Bertz CT molecular complexity index is 413. The van der Waals surface area contributed by atoms with Crippen LogP contribution in [-0.4, -0.2) is 55.1 Å². The second-order valence-electron chi connectivity index (χ2n) is 4.50. The summed E-state index contributed by atoms with van der Waals surface area (Å²) in [7, 11) is 0. The van der Waals surface area contributed by atoms with E-state index < -0.39 is 0 Å². The summed E-state index contributed by atoms with van der Waals surface area (Å²) in [6, 6.07) is 3.76. The van der Waals surface area contributed by atoms with Crippen molar-refractivity contribution in [1.82, 2.24) is 20.5 Å². The van der Waals surface area contributed by atoms with Gasteiger partial charge >= 0.3 is 0 Å². The summed E-state index contributed by atoms with van der Waals surface area (Å²) in [4.78, 5) is 17.9. The smallest absolute Gasteiger partial charge is 0.244 e. The zero-order valence-corrected chi connectivity index (χ0v) is 11.0. The van der Waals surface area contributed by atoms with E-state index in [4.69, 9.17) is 0 Å². The molecule has 1 aromatic rings. The summed E-state index contributed by atoms with van der Waals surface area (Å²) >= 11 is 0. The van der Waals surface area contributed by atoms with Gasteiger partial charge < -0.3 is 10.6 Å². The fourth-order valence-corrected chi connectivity index (χ4v) is 1.98. The van der Waals surface area contributed by atoms with E-state index in [9.17, 15) is 4.79 Å². The molecule has 1 aliphatic rings. The molecule has 19 heavy (non-hydrogen) atoms. The normalized spacial score (nSPS) is 16.6. The molecule has 0 unspecified atom stereocenters. The Kier molecular flexibility index (Phi) is 5.52. The minimum absolute atomic E-state index is 0.0565. The minimum atomic E-state index is -0.0565. The molecule has 1 saturated heterocycles. The van der Waals surface area contributed by atoms with Crippen LogP contribution in [0.4, 0.5) is 0 Å². The van der Waals surface area contributed by atoms with E-state index in [0.29, 0.717) is 6.54 Å². The fraction of sp³-hybridized carbons (Fsp3) is 0.429. The van der Waals surface area contributed by atoms with Gasteiger partial charge in [0.05, 0.1) is 0 Å². The monoisotopic (exact) mass is 260 g/mol. The molecular weight excluding hydrogens is 240 g/mol. The predicted octanol–water partition coefficient (Wildman–Crippen LogP) is 0.116. The second kappa shape index (κ2) is 7.66. The molecule has 0 radical (unpaired) electrons. The molecule has 102 valence electrons. The van der Waals surface area contributed by atoms with Crippen LogP contribution in [0.2, 0.25) is 0 Å². The molecule has 0 aliphatic carbocycles. The largest absolute Gasteiger partial charge is 0.351 e. The maximum Gasteiger partial charge on any atom is 0.244 e. The topological polar surface area (TPSA) is 57.3 Å². The molecule has 1 fully saturated rings. The van der Waals surface area contributed by atoms with Gasteiger partial charge in [-0.05, 0) is 17.7 Å². The van der Waals surface area contributed by atoms with Crippen molar-refractivity contribution in [2.45, 2.75) is 0 Å². The van der Waals surface area contributed by atoms with Crippen LogP contribution in [0.3, 0.4) is 0 Å². The van der Waals surface area contributed by atoms with Crippen molar-refractivity contribution in [3.05, 3.63) is 36.2 Å². The number of aromatic nitrogens is 1. The SMILES string of the molecule is O=C(/C=C/c1cccnc1)NCCN1CCNCC1. The van der Waals surface area contributed by atoms with Crippen molar-refractivity contribution in [1.29, 1.82) is 0 Å². The van der Waals surface area contributed by atoms with Crippen LogP contribution in [0, 0.1) is 0 Å². The Morgan fingerprint density at radius 3 is 3.05 bits per heavy atom. The van der Waals surface area contributed by atoms with Crippen LogP contribution in [0.25, 0.3) is 6.08 Å². The lowest BCUT2D eigenvalue weighted by Gasteiger charge is -2.26. The number of hydrogen-bond acceptors (Lipinski definition) is 4. The summed E-state index contributed by atoms with van der Waals surface area (Å²) < 4.78 is 0. The number of carbonyl (C=O) groups is 1. The zero-order valence-electron chi connectivity index (χ0n) is 11.0. The van der Waals surface area contributed by atoms with Crippen LogP contribution in [0.15, 0.2) is 30.6 Å². The predicted molar refractivity (Wildman–Crippen MR) is 75.6 cm³/mol. The summed E-state index contributed by atoms with van der Waals surface area (Å²) in [5.41, 5.74) is 0.930. The third-order valence-electron chi connectivity index (χ3n) is 3.05. The first-order valence-corrected chi connectivity index (χ1v) is 6.63. The van der Waals surface area contributed by atoms with E-state index in [1.54, 1.807) is 24.5 Å². The maximum absolute atomic E-state index is 11.6. The van der Waals surface area contributed by atoms with Crippen molar-refractivity contribution < 1.29 is 4.79 Å². The number of nitrogens with one attached hydrogen (secondary N) is 2. The van der Waals surface area contributed by atoms with Gasteiger partial charge in [0, 0.05) is 57.7 Å². The highest BCUT2D eigenvalue weighted by molar-refractivity contribution is 5.91. The average molecular weight is 260 g/mol. The van der Waals surface area contributed by atoms with E-state index in [2.05, 4.69) is 20.5 Å². The van der Waals surface area contributed by atoms with Crippen LogP contribution in [-0.2, 0) is 4.79 Å². The number of hydrogen-bond donors (Lipinski definition) is 2. The zero-order chi connectivity index (χ0) is 13.3. The van der Waals surface area contributed by atoms with Crippen LogP contribution >= 0.6 is 0 Å². The molecule has 1 amide bonds. The van der Waals surface area contributed by atoms with Crippen LogP contribution in [0.5, 0.6) is 0 Å². The molecular formula is C14H20N4O. The summed E-state index contributed by atoms with van der Waals surface area (Å²) in [5.74, 6) is -0.0565. The lowest BCUT2D eigenvalue weighted by molar-refractivity contribution is -0.116. The van der Waals surface area contributed by atoms with Crippen molar-refractivity contribution in [2.75, 3.05) is 39.3 Å². The fourth-order valence-electron chi connectivity index (χ4n) is 1.98. The van der Waals surface area contributed by atoms with E-state index in [-0.39, 0.29) is 5.91 Å². The van der Waals surface area contributed by atoms with Gasteiger partial charge in [0.15, 0.2) is 0 Å². The molecule has 2 N–H and O–H groups in total. The lowest BCUT2D eigenvalue weighted by Crippen LogP contribution is -2.46. The summed E-state index contributed by atoms with van der Waals surface area (Å²) in [5, 5.41) is 6.20. The first-order chi connectivity index (χ1) is 9.34. The highest BCUT2D eigenvalue weighted by atomic mass is 16.1. The highest BCUT2D eigenvalue weighted by Gasteiger charge is 2.08. The minimum Gasteiger partial charge on any atom is -0.351 e. The van der Waals surface area contributed by atoms with Crippen LogP contribution in [0.1, 0.15) is 5.56 Å². The quantitative estimate of drug-likeness (QED) is 0.738. The Hall–Kier alpha value is -1.72. The first-order valence-electron chi connectivity index (χ1n) is 6.63. The highest BCUT2D eigenvalue weighted by Crippen LogP contribution is 1.97. The Morgan fingerprint density at radius 1 is 1.47 bits per heavy atom. The van der Waals surface area contributed by atoms with Gasteiger partial charge in [-0.25, -0.2) is 0 Å². The van der Waals surface area contributed by atoms with Gasteiger partial charge in [-0.15, -0.1) is 0 Å². The molecule has 0 atom stereocenters. The number of pyridine rings is 1. The molecule has 5 heteroatoms. The van der Waals surface area contributed by atoms with E-state index in [0.717, 1.165) is 38.3 Å². The number of nitrogens with zero attached hydrogens (tertiary/aromatic N) is 2. The van der Waals surface area contributed by atoms with Crippen molar-refractivity contribution in [3.8, 4) is 0 Å².